The van der Waals surface area contributed by atoms with Crippen molar-refractivity contribution >= 4 is 5.91 Å². The Bertz CT molecular complexity index is 698. The van der Waals surface area contributed by atoms with Gasteiger partial charge in [0.1, 0.15) is 0 Å². The molecule has 1 heterocycles. The van der Waals surface area contributed by atoms with E-state index in [0.29, 0.717) is 18.5 Å². The topological polar surface area (TPSA) is 249 Å². The first-order chi connectivity index (χ1) is 18.3. The molecule has 0 saturated heterocycles. The zero-order chi connectivity index (χ0) is 28.4. The van der Waals surface area contributed by atoms with Crippen molar-refractivity contribution in [3.8, 4) is 0 Å². The minimum Gasteiger partial charge on any atom is -0.396 e. The number of carbonyl (C=O) groups excluding carboxylic acids is 1. The molecule has 0 radical (unpaired) electrons. The molecule has 0 aromatic carbocycles. The van der Waals surface area contributed by atoms with E-state index in [4.69, 9.17) is 25.7 Å². The van der Waals surface area contributed by atoms with E-state index < -0.39 is 35.1 Å². The molecule has 10 N–H and O–H groups in total. The molecule has 15 heteroatoms. The van der Waals surface area contributed by atoms with Gasteiger partial charge in [0.05, 0.1) is 103 Å². The van der Waals surface area contributed by atoms with Crippen LogP contribution in [0.5, 0.6) is 0 Å². The van der Waals surface area contributed by atoms with Gasteiger partial charge in [-0.1, -0.05) is 5.21 Å². The number of aliphatic hydroxyl groups excluding tert-OH is 6. The summed E-state index contributed by atoms with van der Waals surface area (Å²) in [6, 6.07) is -0.808. The van der Waals surface area contributed by atoms with Crippen molar-refractivity contribution in [2.45, 2.75) is 25.4 Å². The maximum atomic E-state index is 11.2. The number of rotatable bonds is 24. The number of ether oxygens (including phenoxy) is 3. The zero-order valence-electron chi connectivity index (χ0n) is 21.8. The van der Waals surface area contributed by atoms with Crippen LogP contribution in [0.25, 0.3) is 0 Å². The summed E-state index contributed by atoms with van der Waals surface area (Å²) in [4.78, 5) is 11.2. The summed E-state index contributed by atoms with van der Waals surface area (Å²) in [6.45, 7) is -1.04. The Morgan fingerprint density at radius 3 is 1.63 bits per heavy atom. The highest BCUT2D eigenvalue weighted by Gasteiger charge is 2.34. The highest BCUT2D eigenvalue weighted by molar-refractivity contribution is 5.79. The third kappa shape index (κ3) is 12.8. The van der Waals surface area contributed by atoms with Crippen LogP contribution < -0.4 is 11.5 Å². The number of hydrogen-bond acceptors (Lipinski definition) is 13. The van der Waals surface area contributed by atoms with Gasteiger partial charge in [-0.25, -0.2) is 0 Å². The SMILES string of the molecule is NC(=O)[C@H](N)CCc1cn(CC(COCC(CO)CO)(COCC(CO)CO)COCC(CO)CO)nn1. The highest BCUT2D eigenvalue weighted by Crippen LogP contribution is 2.24. The molecule has 0 aliphatic rings. The summed E-state index contributed by atoms with van der Waals surface area (Å²) in [5, 5.41) is 64.6. The molecule has 1 aromatic rings. The molecule has 1 aromatic heterocycles. The molecular formula is C23H45N5O10. The minimum atomic E-state index is -0.894. The molecule has 0 unspecified atom stereocenters. The molecule has 38 heavy (non-hydrogen) atoms. The van der Waals surface area contributed by atoms with Crippen LogP contribution in [0, 0.1) is 23.2 Å². The van der Waals surface area contributed by atoms with E-state index >= 15 is 0 Å². The lowest BCUT2D eigenvalue weighted by Crippen LogP contribution is -2.43. The standard InChI is InChI=1S/C23H45N5O10/c24-21(22(25)35)2-1-20-3-28(27-26-20)13-23(14-36-10-17(4-29)5-30,15-37-11-18(6-31)7-32)16-38-12-19(8-33)9-34/h3,17-19,21,29-34H,1-2,4-16,24H2,(H2,25,35)/t21-/m1/s1. The molecule has 0 fully saturated rings. The van der Waals surface area contributed by atoms with Crippen LogP contribution in [-0.2, 0) is 32.0 Å². The fourth-order valence-corrected chi connectivity index (χ4v) is 3.40. The van der Waals surface area contributed by atoms with Gasteiger partial charge < -0.3 is 56.3 Å². The monoisotopic (exact) mass is 551 g/mol. The van der Waals surface area contributed by atoms with Crippen LogP contribution in [0.3, 0.4) is 0 Å². The molecular weight excluding hydrogens is 506 g/mol. The molecule has 0 aliphatic heterocycles. The second kappa shape index (κ2) is 19.3. The summed E-state index contributed by atoms with van der Waals surface area (Å²) < 4.78 is 19.1. The predicted molar refractivity (Wildman–Crippen MR) is 133 cm³/mol. The van der Waals surface area contributed by atoms with Crippen LogP contribution in [0.4, 0.5) is 0 Å². The van der Waals surface area contributed by atoms with E-state index in [9.17, 15) is 35.4 Å². The first-order valence-corrected chi connectivity index (χ1v) is 12.6. The summed E-state index contributed by atoms with van der Waals surface area (Å²) >= 11 is 0. The molecule has 1 rings (SSSR count). The number of nitrogens with zero attached hydrogens (tertiary/aromatic N) is 3. The van der Waals surface area contributed by atoms with Gasteiger partial charge in [0, 0.05) is 24.0 Å². The van der Waals surface area contributed by atoms with Crippen molar-refractivity contribution in [3.05, 3.63) is 11.9 Å². The van der Waals surface area contributed by atoms with Gasteiger partial charge in [-0.05, 0) is 12.8 Å². The van der Waals surface area contributed by atoms with Crippen molar-refractivity contribution < 1.29 is 49.6 Å². The van der Waals surface area contributed by atoms with Crippen molar-refractivity contribution in [2.24, 2.45) is 34.6 Å². The molecule has 15 nitrogen and oxygen atoms in total. The Hall–Kier alpha value is -1.79. The van der Waals surface area contributed by atoms with E-state index in [1.807, 2.05) is 0 Å². The van der Waals surface area contributed by atoms with Crippen LogP contribution in [0.1, 0.15) is 12.1 Å². The summed E-state index contributed by atoms with van der Waals surface area (Å²) in [5.74, 6) is -2.06. The maximum Gasteiger partial charge on any atom is 0.234 e. The third-order valence-electron chi connectivity index (χ3n) is 6.00. The zero-order valence-corrected chi connectivity index (χ0v) is 21.8. The number of amides is 1. The Balaban J connectivity index is 3.09. The number of aliphatic hydroxyl groups is 6. The molecule has 0 aliphatic carbocycles. The second-order valence-corrected chi connectivity index (χ2v) is 9.69. The largest absolute Gasteiger partial charge is 0.396 e. The third-order valence-corrected chi connectivity index (χ3v) is 6.00. The summed E-state index contributed by atoms with van der Waals surface area (Å²) in [5.41, 5.74) is 10.6. The van der Waals surface area contributed by atoms with E-state index in [1.165, 1.54) is 0 Å². The van der Waals surface area contributed by atoms with Crippen LogP contribution in [0.2, 0.25) is 0 Å². The van der Waals surface area contributed by atoms with E-state index in [0.717, 1.165) is 0 Å². The molecule has 1 atom stereocenters. The number of hydrogen-bond donors (Lipinski definition) is 8. The van der Waals surface area contributed by atoms with Crippen LogP contribution in [-0.4, -0.2) is 137 Å². The molecule has 0 spiro atoms. The lowest BCUT2D eigenvalue weighted by atomic mass is 9.90. The number of nitrogens with two attached hydrogens (primary N) is 2. The predicted octanol–water partition coefficient (Wildman–Crippen LogP) is -4.14. The van der Waals surface area contributed by atoms with Gasteiger partial charge in [-0.3, -0.25) is 9.48 Å². The lowest BCUT2D eigenvalue weighted by Gasteiger charge is -2.34. The highest BCUT2D eigenvalue weighted by atomic mass is 16.5. The minimum absolute atomic E-state index is 0.0527. The smallest absolute Gasteiger partial charge is 0.234 e. The first-order valence-electron chi connectivity index (χ1n) is 12.6. The Labute approximate surface area is 222 Å². The maximum absolute atomic E-state index is 11.2. The molecule has 1 amide bonds. The first kappa shape index (κ1) is 34.2. The van der Waals surface area contributed by atoms with E-state index in [1.54, 1.807) is 10.9 Å². The molecule has 0 saturated carbocycles. The molecule has 0 bridgehead atoms. The van der Waals surface area contributed by atoms with Gasteiger partial charge in [-0.15, -0.1) is 5.10 Å². The van der Waals surface area contributed by atoms with Crippen molar-refractivity contribution in [3.63, 3.8) is 0 Å². The number of primary amides is 1. The van der Waals surface area contributed by atoms with Crippen LogP contribution in [0.15, 0.2) is 6.20 Å². The van der Waals surface area contributed by atoms with E-state index in [-0.39, 0.29) is 85.8 Å². The van der Waals surface area contributed by atoms with Gasteiger partial charge in [0.15, 0.2) is 0 Å². The second-order valence-electron chi connectivity index (χ2n) is 9.69. The van der Waals surface area contributed by atoms with Gasteiger partial charge in [0.2, 0.25) is 5.91 Å². The van der Waals surface area contributed by atoms with E-state index in [2.05, 4.69) is 10.3 Å². The number of aromatic nitrogens is 3. The number of aryl methyl sites for hydroxylation is 1. The van der Waals surface area contributed by atoms with Gasteiger partial charge in [-0.2, -0.15) is 0 Å². The van der Waals surface area contributed by atoms with Crippen LogP contribution >= 0.6 is 0 Å². The normalized spacial score (nSPS) is 13.2. The van der Waals surface area contributed by atoms with Crippen molar-refractivity contribution in [2.75, 3.05) is 79.3 Å². The Morgan fingerprint density at radius 2 is 1.26 bits per heavy atom. The Morgan fingerprint density at radius 1 is 0.842 bits per heavy atom. The lowest BCUT2D eigenvalue weighted by molar-refractivity contribution is -0.119. The summed E-state index contributed by atoms with van der Waals surface area (Å²) in [6.07, 6.45) is 2.35. The average molecular weight is 552 g/mol. The Kier molecular flexibility index (Phi) is 17.4. The fraction of sp³-hybridized carbons (Fsp3) is 0.870. The summed E-state index contributed by atoms with van der Waals surface area (Å²) in [7, 11) is 0. The van der Waals surface area contributed by atoms with Crippen molar-refractivity contribution in [1.82, 2.24) is 15.0 Å². The molecule has 222 valence electrons. The van der Waals surface area contributed by atoms with Gasteiger partial charge >= 0.3 is 0 Å². The van der Waals surface area contributed by atoms with Crippen molar-refractivity contribution in [1.29, 1.82) is 0 Å². The number of carbonyl (C=O) groups is 1. The average Bonchev–Trinajstić information content (AvgIpc) is 3.37. The quantitative estimate of drug-likeness (QED) is 0.0608. The van der Waals surface area contributed by atoms with Gasteiger partial charge in [0.25, 0.3) is 0 Å². The fourth-order valence-electron chi connectivity index (χ4n) is 3.40.